The van der Waals surface area contributed by atoms with Crippen LogP contribution in [0.1, 0.15) is 22.6 Å². The van der Waals surface area contributed by atoms with Crippen molar-refractivity contribution in [3.63, 3.8) is 0 Å². The molecule has 6 nitrogen and oxygen atoms in total. The van der Waals surface area contributed by atoms with Crippen LogP contribution >= 0.6 is 0 Å². The Labute approximate surface area is 141 Å². The molecule has 3 aromatic rings. The Morgan fingerprint density at radius 1 is 1.25 bits per heavy atom. The quantitative estimate of drug-likeness (QED) is 0.740. The number of hydrogen-bond donors (Lipinski definition) is 0. The summed E-state index contributed by atoms with van der Waals surface area (Å²) in [5, 5.41) is 4.43. The molecule has 0 amide bonds. The van der Waals surface area contributed by atoms with Gasteiger partial charge in [0, 0.05) is 62.8 Å². The minimum atomic E-state index is 0.762. The van der Waals surface area contributed by atoms with E-state index in [0.717, 1.165) is 48.8 Å². The molecule has 1 aliphatic heterocycles. The topological polar surface area (TPSA) is 59.7 Å². The van der Waals surface area contributed by atoms with Crippen LogP contribution in [0.2, 0.25) is 0 Å². The summed E-state index contributed by atoms with van der Waals surface area (Å²) in [6, 6.07) is 6.06. The van der Waals surface area contributed by atoms with Gasteiger partial charge >= 0.3 is 0 Å². The van der Waals surface area contributed by atoms with Crippen LogP contribution in [0.25, 0.3) is 11.4 Å². The monoisotopic (exact) mass is 320 g/mol. The van der Waals surface area contributed by atoms with E-state index in [1.165, 1.54) is 11.3 Å². The van der Waals surface area contributed by atoms with Gasteiger partial charge in [0.15, 0.2) is 5.82 Å². The summed E-state index contributed by atoms with van der Waals surface area (Å²) < 4.78 is 1.97. The summed E-state index contributed by atoms with van der Waals surface area (Å²) in [5.74, 6) is 0.762. The minimum absolute atomic E-state index is 0.762. The molecule has 1 aliphatic rings. The summed E-state index contributed by atoms with van der Waals surface area (Å²) >= 11 is 0. The largest absolute Gasteiger partial charge is 0.293 e. The van der Waals surface area contributed by atoms with Gasteiger partial charge in [-0.25, -0.2) is 9.97 Å². The van der Waals surface area contributed by atoms with Gasteiger partial charge < -0.3 is 0 Å². The van der Waals surface area contributed by atoms with E-state index in [1.54, 1.807) is 6.20 Å². The average molecular weight is 320 g/mol. The smallest absolute Gasteiger partial charge is 0.160 e. The highest BCUT2D eigenvalue weighted by Gasteiger charge is 2.20. The van der Waals surface area contributed by atoms with Crippen LogP contribution in [-0.2, 0) is 26.6 Å². The molecule has 0 aliphatic carbocycles. The van der Waals surface area contributed by atoms with Crippen LogP contribution in [0.15, 0.2) is 36.8 Å². The first-order valence-electron chi connectivity index (χ1n) is 8.16. The van der Waals surface area contributed by atoms with E-state index in [9.17, 15) is 0 Å². The lowest BCUT2D eigenvalue weighted by Crippen LogP contribution is -2.31. The third-order valence-electron chi connectivity index (χ3n) is 4.42. The van der Waals surface area contributed by atoms with Crippen LogP contribution < -0.4 is 0 Å². The lowest BCUT2D eigenvalue weighted by Gasteiger charge is -2.27. The van der Waals surface area contributed by atoms with E-state index in [1.807, 2.05) is 43.2 Å². The van der Waals surface area contributed by atoms with Crippen molar-refractivity contribution in [3.8, 4) is 11.4 Å². The number of rotatable bonds is 3. The van der Waals surface area contributed by atoms with Gasteiger partial charge in [-0.2, -0.15) is 5.10 Å². The molecule has 0 unspecified atom stereocenters. The second kappa shape index (κ2) is 6.13. The van der Waals surface area contributed by atoms with Crippen LogP contribution in [0.5, 0.6) is 0 Å². The zero-order chi connectivity index (χ0) is 16.5. The van der Waals surface area contributed by atoms with Gasteiger partial charge in [-0.15, -0.1) is 0 Å². The predicted octanol–water partition coefficient (Wildman–Crippen LogP) is 2.14. The molecule has 0 N–H and O–H groups in total. The van der Waals surface area contributed by atoms with Crippen molar-refractivity contribution in [2.24, 2.45) is 7.05 Å². The summed E-state index contributed by atoms with van der Waals surface area (Å²) in [4.78, 5) is 15.8. The third-order valence-corrected chi connectivity index (χ3v) is 4.42. The molecule has 0 saturated heterocycles. The number of aryl methyl sites for hydroxylation is 2. The molecule has 24 heavy (non-hydrogen) atoms. The van der Waals surface area contributed by atoms with Gasteiger partial charge in [0.1, 0.15) is 0 Å². The lowest BCUT2D eigenvalue weighted by atomic mass is 10.1. The van der Waals surface area contributed by atoms with Crippen LogP contribution in [-0.4, -0.2) is 36.2 Å². The molecular weight excluding hydrogens is 300 g/mol. The molecular formula is C18H20N6. The standard InChI is InChI=1S/C18H20N6/c1-13-8-16(23(2)22-13)12-24-7-5-17-15(11-24)10-20-18(21-17)14-4-3-6-19-9-14/h3-4,6,8-10H,5,7,11-12H2,1-2H3. The second-order valence-electron chi connectivity index (χ2n) is 6.27. The molecule has 4 heterocycles. The molecule has 0 atom stereocenters. The van der Waals surface area contributed by atoms with Crippen molar-refractivity contribution >= 4 is 0 Å². The highest BCUT2D eigenvalue weighted by atomic mass is 15.3. The highest BCUT2D eigenvalue weighted by Crippen LogP contribution is 2.21. The number of nitrogens with zero attached hydrogens (tertiary/aromatic N) is 6. The number of hydrogen-bond acceptors (Lipinski definition) is 5. The minimum Gasteiger partial charge on any atom is -0.293 e. The van der Waals surface area contributed by atoms with Crippen molar-refractivity contribution in [3.05, 3.63) is 59.4 Å². The molecule has 0 radical (unpaired) electrons. The van der Waals surface area contributed by atoms with Crippen molar-refractivity contribution in [2.75, 3.05) is 6.54 Å². The Kier molecular flexibility index (Phi) is 3.82. The molecule has 0 fully saturated rings. The zero-order valence-electron chi connectivity index (χ0n) is 14.0. The van der Waals surface area contributed by atoms with E-state index < -0.39 is 0 Å². The van der Waals surface area contributed by atoms with E-state index in [-0.39, 0.29) is 0 Å². The van der Waals surface area contributed by atoms with E-state index >= 15 is 0 Å². The Bertz CT molecular complexity index is 855. The van der Waals surface area contributed by atoms with E-state index in [2.05, 4.69) is 26.0 Å². The maximum atomic E-state index is 4.75. The number of pyridine rings is 1. The first-order chi connectivity index (χ1) is 11.7. The maximum absolute atomic E-state index is 4.75. The van der Waals surface area contributed by atoms with Crippen molar-refractivity contribution < 1.29 is 0 Å². The van der Waals surface area contributed by atoms with Gasteiger partial charge in [0.25, 0.3) is 0 Å². The van der Waals surface area contributed by atoms with Crippen LogP contribution in [0, 0.1) is 6.92 Å². The zero-order valence-corrected chi connectivity index (χ0v) is 14.0. The summed E-state index contributed by atoms with van der Waals surface area (Å²) in [6.07, 6.45) is 6.48. The fourth-order valence-corrected chi connectivity index (χ4v) is 3.18. The van der Waals surface area contributed by atoms with E-state index in [0.29, 0.717) is 0 Å². The Morgan fingerprint density at radius 2 is 2.17 bits per heavy atom. The Balaban J connectivity index is 1.53. The average Bonchev–Trinajstić information content (AvgIpc) is 2.92. The predicted molar refractivity (Wildman–Crippen MR) is 91.0 cm³/mol. The van der Waals surface area contributed by atoms with Crippen molar-refractivity contribution in [1.29, 1.82) is 0 Å². The lowest BCUT2D eigenvalue weighted by molar-refractivity contribution is 0.236. The first kappa shape index (κ1) is 15.0. The molecule has 0 aromatic carbocycles. The normalized spacial score (nSPS) is 14.6. The fourth-order valence-electron chi connectivity index (χ4n) is 3.18. The van der Waals surface area contributed by atoms with Gasteiger partial charge in [0.2, 0.25) is 0 Å². The Hall–Kier alpha value is -2.60. The SMILES string of the molecule is Cc1cc(CN2CCc3nc(-c4cccnc4)ncc3C2)n(C)n1. The first-order valence-corrected chi connectivity index (χ1v) is 8.16. The van der Waals surface area contributed by atoms with Crippen LogP contribution in [0.3, 0.4) is 0 Å². The third kappa shape index (κ3) is 2.92. The van der Waals surface area contributed by atoms with Gasteiger partial charge in [-0.05, 0) is 25.1 Å². The van der Waals surface area contributed by atoms with Crippen LogP contribution in [0.4, 0.5) is 0 Å². The number of aromatic nitrogens is 5. The summed E-state index contributed by atoms with van der Waals surface area (Å²) in [5.41, 5.74) is 5.64. The number of fused-ring (bicyclic) bond motifs is 1. The second-order valence-corrected chi connectivity index (χ2v) is 6.27. The maximum Gasteiger partial charge on any atom is 0.160 e. The fraction of sp³-hybridized carbons (Fsp3) is 0.333. The molecule has 122 valence electrons. The van der Waals surface area contributed by atoms with Gasteiger partial charge in [0.05, 0.1) is 17.1 Å². The molecule has 6 heteroatoms. The molecule has 0 spiro atoms. The molecule has 0 bridgehead atoms. The molecule has 3 aromatic heterocycles. The molecule has 4 rings (SSSR count). The Morgan fingerprint density at radius 3 is 2.92 bits per heavy atom. The van der Waals surface area contributed by atoms with Crippen molar-refractivity contribution in [1.82, 2.24) is 29.6 Å². The van der Waals surface area contributed by atoms with Crippen molar-refractivity contribution in [2.45, 2.75) is 26.4 Å². The molecule has 0 saturated carbocycles. The van der Waals surface area contributed by atoms with Gasteiger partial charge in [-0.3, -0.25) is 14.6 Å². The summed E-state index contributed by atoms with van der Waals surface area (Å²) in [6.45, 7) is 4.82. The van der Waals surface area contributed by atoms with E-state index in [4.69, 9.17) is 4.98 Å². The summed E-state index contributed by atoms with van der Waals surface area (Å²) in [7, 11) is 2.00. The van der Waals surface area contributed by atoms with Gasteiger partial charge in [-0.1, -0.05) is 0 Å². The highest BCUT2D eigenvalue weighted by molar-refractivity contribution is 5.53.